The summed E-state index contributed by atoms with van der Waals surface area (Å²) >= 11 is 0. The Kier molecular flexibility index (Phi) is 5.59. The molecule has 1 aromatic heterocycles. The van der Waals surface area contributed by atoms with Crippen molar-refractivity contribution in [3.8, 4) is 0 Å². The van der Waals surface area contributed by atoms with Crippen LogP contribution in [0.2, 0.25) is 0 Å². The number of anilines is 1. The highest BCUT2D eigenvalue weighted by molar-refractivity contribution is 5.52. The van der Waals surface area contributed by atoms with Gasteiger partial charge in [-0.15, -0.1) is 0 Å². The van der Waals surface area contributed by atoms with Gasteiger partial charge in [-0.1, -0.05) is 0 Å². The van der Waals surface area contributed by atoms with Crippen LogP contribution >= 0.6 is 0 Å². The van der Waals surface area contributed by atoms with Gasteiger partial charge in [0.05, 0.1) is 0 Å². The summed E-state index contributed by atoms with van der Waals surface area (Å²) in [5.74, 6) is 0.712. The van der Waals surface area contributed by atoms with E-state index in [1.807, 2.05) is 12.4 Å². The highest BCUT2D eigenvalue weighted by Gasteiger charge is 2.21. The molecule has 0 radical (unpaired) electrons. The van der Waals surface area contributed by atoms with Crippen molar-refractivity contribution in [1.29, 1.82) is 0 Å². The highest BCUT2D eigenvalue weighted by Crippen LogP contribution is 2.26. The van der Waals surface area contributed by atoms with Gasteiger partial charge in [0.25, 0.3) is 0 Å². The van der Waals surface area contributed by atoms with Crippen molar-refractivity contribution in [3.05, 3.63) is 24.0 Å². The third-order valence-corrected chi connectivity index (χ3v) is 4.04. The fourth-order valence-electron chi connectivity index (χ4n) is 2.80. The van der Waals surface area contributed by atoms with E-state index in [0.29, 0.717) is 5.92 Å². The molecule has 21 heavy (non-hydrogen) atoms. The van der Waals surface area contributed by atoms with Gasteiger partial charge in [0, 0.05) is 62.5 Å². The summed E-state index contributed by atoms with van der Waals surface area (Å²) < 4.78 is 5.28. The van der Waals surface area contributed by atoms with Gasteiger partial charge < -0.3 is 15.0 Å². The molecule has 0 atom stereocenters. The van der Waals surface area contributed by atoms with Gasteiger partial charge in [-0.3, -0.25) is 4.98 Å². The van der Waals surface area contributed by atoms with Crippen molar-refractivity contribution < 1.29 is 4.74 Å². The van der Waals surface area contributed by atoms with Crippen LogP contribution in [0.15, 0.2) is 18.5 Å². The molecule has 1 fully saturated rings. The first-order chi connectivity index (χ1) is 9.99. The molecular weight excluding hydrogens is 262 g/mol. The van der Waals surface area contributed by atoms with Gasteiger partial charge in [-0.05, 0) is 45.6 Å². The van der Waals surface area contributed by atoms with Crippen molar-refractivity contribution in [2.24, 2.45) is 5.92 Å². The predicted molar refractivity (Wildman–Crippen MR) is 87.6 cm³/mol. The second-order valence-corrected chi connectivity index (χ2v) is 6.99. The van der Waals surface area contributed by atoms with E-state index in [-0.39, 0.29) is 5.54 Å². The number of rotatable bonds is 5. The number of aromatic nitrogens is 1. The summed E-state index contributed by atoms with van der Waals surface area (Å²) in [6.07, 6.45) is 6.32. The van der Waals surface area contributed by atoms with Gasteiger partial charge in [-0.2, -0.15) is 0 Å². The number of nitrogens with one attached hydrogen (secondary N) is 1. The minimum absolute atomic E-state index is 0.124. The smallest absolute Gasteiger partial charge is 0.0491 e. The standard InChI is InChI=1S/C17H29N3O/c1-17(2,3)19-12-15-11-18-8-5-16(15)20-9-6-14(7-10-20)13-21-4/h5,8,11,14,19H,6-7,9-10,12-13H2,1-4H3. The lowest BCUT2D eigenvalue weighted by Crippen LogP contribution is -2.38. The molecule has 1 aliphatic heterocycles. The third kappa shape index (κ3) is 4.97. The quantitative estimate of drug-likeness (QED) is 0.905. The van der Waals surface area contributed by atoms with E-state index in [9.17, 15) is 0 Å². The molecular formula is C17H29N3O. The zero-order chi connectivity index (χ0) is 15.3. The van der Waals surface area contributed by atoms with Crippen molar-refractivity contribution in [3.63, 3.8) is 0 Å². The van der Waals surface area contributed by atoms with E-state index in [1.54, 1.807) is 7.11 Å². The SMILES string of the molecule is COCC1CCN(c2ccncc2CNC(C)(C)C)CC1. The summed E-state index contributed by atoms with van der Waals surface area (Å²) in [6.45, 7) is 10.6. The van der Waals surface area contributed by atoms with Crippen LogP contribution in [0.4, 0.5) is 5.69 Å². The first kappa shape index (κ1) is 16.2. The average molecular weight is 291 g/mol. The van der Waals surface area contributed by atoms with E-state index < -0.39 is 0 Å². The number of nitrogens with zero attached hydrogens (tertiary/aromatic N) is 2. The lowest BCUT2D eigenvalue weighted by atomic mass is 9.97. The Balaban J connectivity index is 2.00. The van der Waals surface area contributed by atoms with Crippen LogP contribution < -0.4 is 10.2 Å². The maximum Gasteiger partial charge on any atom is 0.0491 e. The van der Waals surface area contributed by atoms with Gasteiger partial charge in [0.2, 0.25) is 0 Å². The Morgan fingerprint density at radius 1 is 1.33 bits per heavy atom. The van der Waals surface area contributed by atoms with Gasteiger partial charge >= 0.3 is 0 Å². The van der Waals surface area contributed by atoms with Crippen LogP contribution in [0.3, 0.4) is 0 Å². The number of ether oxygens (including phenoxy) is 1. The summed E-state index contributed by atoms with van der Waals surface area (Å²) in [7, 11) is 1.80. The lowest BCUT2D eigenvalue weighted by Gasteiger charge is -2.34. The maximum atomic E-state index is 5.28. The monoisotopic (exact) mass is 291 g/mol. The molecule has 0 unspecified atom stereocenters. The minimum atomic E-state index is 0.124. The fourth-order valence-corrected chi connectivity index (χ4v) is 2.80. The largest absolute Gasteiger partial charge is 0.384 e. The summed E-state index contributed by atoms with van der Waals surface area (Å²) in [6, 6.07) is 2.15. The molecule has 0 amide bonds. The van der Waals surface area contributed by atoms with Crippen molar-refractivity contribution in [1.82, 2.24) is 10.3 Å². The van der Waals surface area contributed by atoms with E-state index in [1.165, 1.54) is 24.1 Å². The van der Waals surface area contributed by atoms with Crippen LogP contribution in [0, 0.1) is 5.92 Å². The second-order valence-electron chi connectivity index (χ2n) is 6.99. The van der Waals surface area contributed by atoms with Crippen LogP contribution in [-0.4, -0.2) is 37.3 Å². The molecule has 0 saturated carbocycles. The maximum absolute atomic E-state index is 5.28. The molecule has 0 aromatic carbocycles. The molecule has 2 rings (SSSR count). The van der Waals surface area contributed by atoms with Crippen molar-refractivity contribution >= 4 is 5.69 Å². The molecule has 1 aliphatic rings. The lowest BCUT2D eigenvalue weighted by molar-refractivity contribution is 0.139. The second kappa shape index (κ2) is 7.23. The fraction of sp³-hybridized carbons (Fsp3) is 0.706. The average Bonchev–Trinajstić information content (AvgIpc) is 2.46. The van der Waals surface area contributed by atoms with Crippen molar-refractivity contribution in [2.75, 3.05) is 31.7 Å². The number of methoxy groups -OCH3 is 1. The number of hydrogen-bond acceptors (Lipinski definition) is 4. The topological polar surface area (TPSA) is 37.4 Å². The molecule has 0 bridgehead atoms. The van der Waals surface area contributed by atoms with Gasteiger partial charge in [-0.25, -0.2) is 0 Å². The van der Waals surface area contributed by atoms with Crippen LogP contribution in [-0.2, 0) is 11.3 Å². The summed E-state index contributed by atoms with van der Waals surface area (Å²) in [4.78, 5) is 6.79. The number of piperidine rings is 1. The molecule has 1 aromatic rings. The molecule has 118 valence electrons. The van der Waals surface area contributed by atoms with Gasteiger partial charge in [0.1, 0.15) is 0 Å². The molecule has 4 nitrogen and oxygen atoms in total. The van der Waals surface area contributed by atoms with E-state index in [2.05, 4.69) is 42.0 Å². The Morgan fingerprint density at radius 2 is 2.05 bits per heavy atom. The molecule has 1 saturated heterocycles. The molecule has 0 aliphatic carbocycles. The predicted octanol–water partition coefficient (Wildman–Crippen LogP) is 2.83. The first-order valence-electron chi connectivity index (χ1n) is 7.91. The number of pyridine rings is 1. The Morgan fingerprint density at radius 3 is 2.67 bits per heavy atom. The summed E-state index contributed by atoms with van der Waals surface area (Å²) in [5.41, 5.74) is 2.74. The minimum Gasteiger partial charge on any atom is -0.384 e. The van der Waals surface area contributed by atoms with E-state index in [4.69, 9.17) is 4.74 Å². The van der Waals surface area contributed by atoms with E-state index >= 15 is 0 Å². The molecule has 1 N–H and O–H groups in total. The molecule has 0 spiro atoms. The Bertz CT molecular complexity index is 434. The first-order valence-corrected chi connectivity index (χ1v) is 7.91. The normalized spacial score (nSPS) is 17.2. The third-order valence-electron chi connectivity index (χ3n) is 4.04. The number of hydrogen-bond donors (Lipinski definition) is 1. The van der Waals surface area contributed by atoms with Gasteiger partial charge in [0.15, 0.2) is 0 Å². The van der Waals surface area contributed by atoms with Crippen LogP contribution in [0.5, 0.6) is 0 Å². The highest BCUT2D eigenvalue weighted by atomic mass is 16.5. The summed E-state index contributed by atoms with van der Waals surface area (Å²) in [5, 5.41) is 3.56. The molecule has 4 heteroatoms. The van der Waals surface area contributed by atoms with Crippen molar-refractivity contribution in [2.45, 2.75) is 45.7 Å². The van der Waals surface area contributed by atoms with Crippen LogP contribution in [0.1, 0.15) is 39.2 Å². The van der Waals surface area contributed by atoms with Crippen LogP contribution in [0.25, 0.3) is 0 Å². The zero-order valence-electron chi connectivity index (χ0n) is 13.9. The zero-order valence-corrected chi connectivity index (χ0v) is 13.9. The Labute approximate surface area is 128 Å². The Hall–Kier alpha value is -1.13. The molecule has 2 heterocycles. The van der Waals surface area contributed by atoms with E-state index in [0.717, 1.165) is 26.2 Å².